The van der Waals surface area contributed by atoms with Crippen molar-refractivity contribution in [2.45, 2.75) is 39.3 Å². The van der Waals surface area contributed by atoms with Crippen molar-refractivity contribution in [1.82, 2.24) is 5.32 Å². The van der Waals surface area contributed by atoms with Crippen molar-refractivity contribution in [2.24, 2.45) is 0 Å². The lowest BCUT2D eigenvalue weighted by molar-refractivity contribution is -0.127. The molecule has 0 aliphatic rings. The third-order valence-corrected chi connectivity index (χ3v) is 4.86. The number of aryl methyl sites for hydroxylation is 2. The summed E-state index contributed by atoms with van der Waals surface area (Å²) >= 11 is 0. The van der Waals surface area contributed by atoms with Crippen molar-refractivity contribution < 1.29 is 9.53 Å². The highest BCUT2D eigenvalue weighted by molar-refractivity contribution is 5.81. The first-order chi connectivity index (χ1) is 13.6. The predicted octanol–water partition coefficient (Wildman–Crippen LogP) is 5.23. The quantitative estimate of drug-likeness (QED) is 0.616. The van der Waals surface area contributed by atoms with Gasteiger partial charge in [0.15, 0.2) is 6.10 Å². The van der Waals surface area contributed by atoms with Crippen molar-refractivity contribution >= 4 is 5.91 Å². The summed E-state index contributed by atoms with van der Waals surface area (Å²) in [5.74, 6) is 0.625. The van der Waals surface area contributed by atoms with Gasteiger partial charge in [-0.05, 0) is 43.0 Å². The summed E-state index contributed by atoms with van der Waals surface area (Å²) < 4.78 is 5.98. The van der Waals surface area contributed by atoms with Gasteiger partial charge in [-0.3, -0.25) is 4.79 Å². The van der Waals surface area contributed by atoms with E-state index >= 15 is 0 Å². The summed E-state index contributed by atoms with van der Waals surface area (Å²) in [4.78, 5) is 12.9. The standard InChI is InChI=1S/C25H27NO2/c1-4-20-10-8-9-13-23(20)28-19(3)25(27)26-24(21-11-6-5-7-12-21)22-16-14-18(2)15-17-22/h5-17,19,24H,4H2,1-3H3,(H,26,27)/t19-,24-/m0/s1. The van der Waals surface area contributed by atoms with Gasteiger partial charge in [-0.15, -0.1) is 0 Å². The monoisotopic (exact) mass is 373 g/mol. The van der Waals surface area contributed by atoms with Gasteiger partial charge >= 0.3 is 0 Å². The number of carbonyl (C=O) groups excluding carboxylic acids is 1. The topological polar surface area (TPSA) is 38.3 Å². The van der Waals surface area contributed by atoms with Gasteiger partial charge in [0.2, 0.25) is 0 Å². The molecule has 3 aromatic rings. The molecule has 0 saturated carbocycles. The van der Waals surface area contributed by atoms with Crippen LogP contribution < -0.4 is 10.1 Å². The number of nitrogens with one attached hydrogen (secondary N) is 1. The molecule has 3 rings (SSSR count). The van der Waals surface area contributed by atoms with E-state index in [2.05, 4.69) is 43.4 Å². The lowest BCUT2D eigenvalue weighted by atomic mass is 9.97. The average Bonchev–Trinajstić information content (AvgIpc) is 2.73. The first-order valence-electron chi connectivity index (χ1n) is 9.75. The van der Waals surface area contributed by atoms with Crippen LogP contribution in [0.25, 0.3) is 0 Å². The Kier molecular flexibility index (Phi) is 6.49. The van der Waals surface area contributed by atoms with Gasteiger partial charge in [0.1, 0.15) is 5.75 Å². The van der Waals surface area contributed by atoms with Crippen LogP contribution in [0.15, 0.2) is 78.9 Å². The van der Waals surface area contributed by atoms with Gasteiger partial charge in [0.25, 0.3) is 5.91 Å². The van der Waals surface area contributed by atoms with E-state index in [1.54, 1.807) is 6.92 Å². The lowest BCUT2D eigenvalue weighted by Gasteiger charge is -2.23. The van der Waals surface area contributed by atoms with E-state index in [1.165, 1.54) is 5.56 Å². The van der Waals surface area contributed by atoms with Crippen LogP contribution in [-0.2, 0) is 11.2 Å². The van der Waals surface area contributed by atoms with E-state index in [-0.39, 0.29) is 11.9 Å². The highest BCUT2D eigenvalue weighted by Gasteiger charge is 2.22. The third-order valence-electron chi connectivity index (χ3n) is 4.86. The molecule has 0 bridgehead atoms. The van der Waals surface area contributed by atoms with Gasteiger partial charge < -0.3 is 10.1 Å². The van der Waals surface area contributed by atoms with Crippen molar-refractivity contribution in [3.8, 4) is 5.75 Å². The molecule has 144 valence electrons. The minimum Gasteiger partial charge on any atom is -0.481 e. The Labute approximate surface area is 167 Å². The highest BCUT2D eigenvalue weighted by Crippen LogP contribution is 2.24. The Bertz CT molecular complexity index is 903. The SMILES string of the molecule is CCc1ccccc1O[C@@H](C)C(=O)N[C@@H](c1ccccc1)c1ccc(C)cc1. The van der Waals surface area contributed by atoms with Crippen molar-refractivity contribution in [3.63, 3.8) is 0 Å². The predicted molar refractivity (Wildman–Crippen MR) is 114 cm³/mol. The molecule has 0 saturated heterocycles. The van der Waals surface area contributed by atoms with Gasteiger partial charge in [-0.1, -0.05) is 85.3 Å². The molecule has 1 amide bonds. The van der Waals surface area contributed by atoms with E-state index in [9.17, 15) is 4.79 Å². The molecule has 3 nitrogen and oxygen atoms in total. The number of para-hydroxylation sites is 1. The van der Waals surface area contributed by atoms with Crippen LogP contribution >= 0.6 is 0 Å². The van der Waals surface area contributed by atoms with Crippen LogP contribution in [0.5, 0.6) is 5.75 Å². The Hall–Kier alpha value is -3.07. The summed E-state index contributed by atoms with van der Waals surface area (Å²) in [6.07, 6.45) is 0.268. The molecule has 0 aliphatic heterocycles. The second-order valence-electron chi connectivity index (χ2n) is 6.98. The maximum Gasteiger partial charge on any atom is 0.261 e. The second-order valence-corrected chi connectivity index (χ2v) is 6.98. The highest BCUT2D eigenvalue weighted by atomic mass is 16.5. The second kappa shape index (κ2) is 9.23. The lowest BCUT2D eigenvalue weighted by Crippen LogP contribution is -2.39. The maximum absolute atomic E-state index is 12.9. The zero-order valence-electron chi connectivity index (χ0n) is 16.7. The number of hydrogen-bond acceptors (Lipinski definition) is 2. The van der Waals surface area contributed by atoms with Crippen molar-refractivity contribution in [3.05, 3.63) is 101 Å². The molecule has 0 heterocycles. The summed E-state index contributed by atoms with van der Waals surface area (Å²) in [7, 11) is 0. The van der Waals surface area contributed by atoms with Crippen LogP contribution in [0.3, 0.4) is 0 Å². The molecule has 0 fully saturated rings. The fourth-order valence-electron chi connectivity index (χ4n) is 3.18. The number of ether oxygens (including phenoxy) is 1. The normalized spacial score (nSPS) is 12.8. The van der Waals surface area contributed by atoms with E-state index in [0.717, 1.165) is 28.9 Å². The molecular formula is C25H27NO2. The van der Waals surface area contributed by atoms with Gasteiger partial charge in [-0.2, -0.15) is 0 Å². The van der Waals surface area contributed by atoms with Gasteiger partial charge in [0, 0.05) is 0 Å². The molecule has 0 aromatic heterocycles. The molecule has 0 radical (unpaired) electrons. The fraction of sp³-hybridized carbons (Fsp3) is 0.240. The van der Waals surface area contributed by atoms with E-state index < -0.39 is 6.10 Å². The smallest absolute Gasteiger partial charge is 0.261 e. The summed E-state index contributed by atoms with van der Waals surface area (Å²) in [6, 6.07) is 25.9. The number of carbonyl (C=O) groups is 1. The molecule has 3 heteroatoms. The minimum atomic E-state index is -0.593. The molecule has 0 unspecified atom stereocenters. The number of amides is 1. The summed E-state index contributed by atoms with van der Waals surface area (Å²) in [6.45, 7) is 5.93. The molecule has 28 heavy (non-hydrogen) atoms. The summed E-state index contributed by atoms with van der Waals surface area (Å²) in [5.41, 5.74) is 4.38. The zero-order valence-corrected chi connectivity index (χ0v) is 16.7. The van der Waals surface area contributed by atoms with Crippen molar-refractivity contribution in [1.29, 1.82) is 0 Å². The van der Waals surface area contributed by atoms with Crippen LogP contribution in [-0.4, -0.2) is 12.0 Å². The number of rotatable bonds is 7. The fourth-order valence-corrected chi connectivity index (χ4v) is 3.18. The largest absolute Gasteiger partial charge is 0.481 e. The Morgan fingerprint density at radius 1 is 0.893 bits per heavy atom. The van der Waals surface area contributed by atoms with Gasteiger partial charge in [0.05, 0.1) is 6.04 Å². The molecule has 3 aromatic carbocycles. The van der Waals surface area contributed by atoms with Gasteiger partial charge in [-0.25, -0.2) is 0 Å². The molecule has 1 N–H and O–H groups in total. The molecule has 2 atom stereocenters. The Balaban J connectivity index is 1.80. The first-order valence-corrected chi connectivity index (χ1v) is 9.75. The third kappa shape index (κ3) is 4.80. The molecule has 0 spiro atoms. The zero-order chi connectivity index (χ0) is 19.9. The number of benzene rings is 3. The Morgan fingerprint density at radius 3 is 2.18 bits per heavy atom. The Morgan fingerprint density at radius 2 is 1.50 bits per heavy atom. The molecule has 0 aliphatic carbocycles. The van der Waals surface area contributed by atoms with E-state index in [4.69, 9.17) is 4.74 Å². The summed E-state index contributed by atoms with van der Waals surface area (Å²) in [5, 5.41) is 3.16. The van der Waals surface area contributed by atoms with E-state index in [1.807, 2.05) is 54.6 Å². The van der Waals surface area contributed by atoms with Crippen LogP contribution in [0.4, 0.5) is 0 Å². The number of hydrogen-bond donors (Lipinski definition) is 1. The first kappa shape index (κ1) is 19.7. The maximum atomic E-state index is 12.9. The van der Waals surface area contributed by atoms with Crippen LogP contribution in [0.2, 0.25) is 0 Å². The molecular weight excluding hydrogens is 346 g/mol. The van der Waals surface area contributed by atoms with Crippen LogP contribution in [0, 0.1) is 6.92 Å². The average molecular weight is 373 g/mol. The minimum absolute atomic E-state index is 0.139. The van der Waals surface area contributed by atoms with Crippen molar-refractivity contribution in [2.75, 3.05) is 0 Å². The van der Waals surface area contributed by atoms with Crippen LogP contribution in [0.1, 0.15) is 42.1 Å². The van der Waals surface area contributed by atoms with E-state index in [0.29, 0.717) is 0 Å².